The van der Waals surface area contributed by atoms with Gasteiger partial charge in [0.15, 0.2) is 0 Å². The molecule has 0 fully saturated rings. The number of halogens is 1. The van der Waals surface area contributed by atoms with Gasteiger partial charge in [0.2, 0.25) is 16.6 Å². The third kappa shape index (κ3) is 18.7. The monoisotopic (exact) mass is 574 g/mol. The van der Waals surface area contributed by atoms with Crippen LogP contribution in [0.2, 0.25) is 39.3 Å². The van der Waals surface area contributed by atoms with E-state index in [-0.39, 0.29) is 33.2 Å². The molecular formula is C25H60ClO4PSi3. The van der Waals surface area contributed by atoms with E-state index in [0.717, 1.165) is 0 Å². The second-order valence-electron chi connectivity index (χ2n) is 10.7. The summed E-state index contributed by atoms with van der Waals surface area (Å²) in [7, 11) is -7.38. The van der Waals surface area contributed by atoms with Crippen molar-refractivity contribution >= 4 is 38.4 Å². The van der Waals surface area contributed by atoms with Gasteiger partial charge in [-0.3, -0.25) is 0 Å². The summed E-state index contributed by atoms with van der Waals surface area (Å²) < 4.78 is 18.9. The Morgan fingerprint density at radius 3 is 1.53 bits per heavy atom. The van der Waals surface area contributed by atoms with Crippen molar-refractivity contribution in [1.29, 1.82) is 0 Å². The molecule has 0 aromatic carbocycles. The maximum Gasteiger partial charge on any atom is 0.329 e. The van der Waals surface area contributed by atoms with Crippen molar-refractivity contribution < 1.29 is 30.2 Å². The molecule has 0 spiro atoms. The van der Waals surface area contributed by atoms with Crippen LogP contribution in [-0.2, 0) is 17.8 Å². The van der Waals surface area contributed by atoms with Crippen LogP contribution in [0, 0.1) is 0 Å². The van der Waals surface area contributed by atoms with E-state index in [1.807, 2.05) is 0 Å². The zero-order valence-electron chi connectivity index (χ0n) is 22.5. The van der Waals surface area contributed by atoms with E-state index >= 15 is 0 Å². The lowest BCUT2D eigenvalue weighted by molar-refractivity contribution is -0.136. The summed E-state index contributed by atoms with van der Waals surface area (Å²) in [6.07, 6.45) is 13.8. The fourth-order valence-corrected chi connectivity index (χ4v) is 29.3. The number of unbranched alkanes of at least 4 members (excludes halogenated alkanes) is 3. The van der Waals surface area contributed by atoms with E-state index in [1.54, 1.807) is 0 Å². The van der Waals surface area contributed by atoms with Crippen LogP contribution >= 0.6 is 7.26 Å². The van der Waals surface area contributed by atoms with Crippen LogP contribution in [0.1, 0.15) is 74.1 Å². The predicted octanol–water partition coefficient (Wildman–Crippen LogP) is 5.63. The smallest absolute Gasteiger partial charge is 0.329 e. The van der Waals surface area contributed by atoms with E-state index in [4.69, 9.17) is 13.0 Å². The number of hydrogen-bond donors (Lipinski definition) is 0. The number of rotatable bonds is 18. The van der Waals surface area contributed by atoms with Crippen molar-refractivity contribution in [3.63, 3.8) is 0 Å². The minimum atomic E-state index is -2.33. The van der Waals surface area contributed by atoms with Gasteiger partial charge in [-0.25, -0.2) is 4.79 Å². The first kappa shape index (κ1) is 41.6. The van der Waals surface area contributed by atoms with E-state index in [2.05, 4.69) is 66.6 Å². The molecule has 34 heavy (non-hydrogen) atoms. The Bertz CT molecular complexity index is 524. The van der Waals surface area contributed by atoms with Crippen molar-refractivity contribution in [1.82, 2.24) is 0 Å². The maximum atomic E-state index is 11.5. The lowest BCUT2D eigenvalue weighted by atomic mass is 10.4. The molecule has 0 rings (SSSR count). The molecular weight excluding hydrogens is 515 g/mol. The van der Waals surface area contributed by atoms with Crippen LogP contribution in [0.25, 0.3) is 0 Å². The van der Waals surface area contributed by atoms with Crippen molar-refractivity contribution in [2.24, 2.45) is 0 Å². The average Bonchev–Trinajstić information content (AvgIpc) is 2.65. The predicted molar refractivity (Wildman–Crippen MR) is 160 cm³/mol. The third-order valence-corrected chi connectivity index (χ3v) is 24.2. The Morgan fingerprint density at radius 1 is 0.794 bits per heavy atom. The summed E-state index contributed by atoms with van der Waals surface area (Å²) in [4.78, 5) is 11.5. The van der Waals surface area contributed by atoms with Gasteiger partial charge in [0.25, 0.3) is 0 Å². The molecule has 0 aliphatic heterocycles. The maximum absolute atomic E-state index is 11.5. The van der Waals surface area contributed by atoms with Crippen LogP contribution in [-0.4, -0.2) is 61.7 Å². The first-order valence-electron chi connectivity index (χ1n) is 12.3. The highest BCUT2D eigenvalue weighted by atomic mass is 35.5. The molecule has 0 amide bonds. The first-order valence-corrected chi connectivity index (χ1v) is 23.9. The summed E-state index contributed by atoms with van der Waals surface area (Å²) >= 11 is 0. The van der Waals surface area contributed by atoms with Gasteiger partial charge in [-0.15, -0.1) is 0 Å². The second-order valence-corrected chi connectivity index (χ2v) is 27.7. The molecule has 9 heteroatoms. The molecule has 0 unspecified atom stereocenters. The van der Waals surface area contributed by atoms with Gasteiger partial charge >= 0.3 is 14.5 Å². The van der Waals surface area contributed by atoms with Crippen LogP contribution < -0.4 is 12.4 Å². The Hall–Kier alpha value is 0.501. The van der Waals surface area contributed by atoms with Crippen LogP contribution in [0.15, 0.2) is 12.7 Å². The van der Waals surface area contributed by atoms with Crippen molar-refractivity contribution in [2.75, 3.05) is 30.5 Å². The molecule has 0 radical (unpaired) electrons. The fourth-order valence-electron chi connectivity index (χ4n) is 4.58. The standard InChI is InChI=1S/C23H52O4PSi3.2CH4.ClH/c1-11-15-18-28(19-16-12-2,20-17-13-3)22-30(7,8)27-31(9,10)26-29(5,6)21-25-23(24)14-4;;;/h14H,4,11-13,15-22H2,1-3,5-10H3;2*1H4;1H/q+1;;;/p-1. The Kier molecular flexibility index (Phi) is 24.0. The molecule has 0 saturated carbocycles. The largest absolute Gasteiger partial charge is 1.00 e. The molecule has 0 atom stereocenters. The Labute approximate surface area is 224 Å². The molecule has 0 aliphatic rings. The van der Waals surface area contributed by atoms with E-state index in [0.29, 0.717) is 6.23 Å². The number of esters is 1. The topological polar surface area (TPSA) is 44.8 Å². The average molecular weight is 575 g/mol. The van der Waals surface area contributed by atoms with Gasteiger partial charge in [0, 0.05) is 13.3 Å². The molecule has 0 aliphatic carbocycles. The molecule has 4 nitrogen and oxygen atoms in total. The molecule has 0 aromatic rings. The number of hydrogen-bond acceptors (Lipinski definition) is 4. The Balaban J connectivity index is -0.00000150. The highest BCUT2D eigenvalue weighted by Gasteiger charge is 2.47. The molecule has 0 aromatic heterocycles. The summed E-state index contributed by atoms with van der Waals surface area (Å²) in [5.74, 6) is 0.948. The van der Waals surface area contributed by atoms with Gasteiger partial charge in [-0.1, -0.05) is 61.5 Å². The van der Waals surface area contributed by atoms with Crippen LogP contribution in [0.4, 0.5) is 0 Å². The first-order chi connectivity index (χ1) is 14.3. The quantitative estimate of drug-likeness (QED) is 0.0920. The highest BCUT2D eigenvalue weighted by Crippen LogP contribution is 2.62. The summed E-state index contributed by atoms with van der Waals surface area (Å²) in [5.41, 5.74) is 0. The normalized spacial score (nSPS) is 12.1. The summed E-state index contributed by atoms with van der Waals surface area (Å²) in [6, 6.07) is 0. The number of carbonyl (C=O) groups is 1. The molecule has 0 saturated heterocycles. The second kappa shape index (κ2) is 19.6. The fraction of sp³-hybridized carbons (Fsp3) is 0.880. The molecule has 0 N–H and O–H groups in total. The lowest BCUT2D eigenvalue weighted by Gasteiger charge is -2.40. The van der Waals surface area contributed by atoms with Gasteiger partial charge in [-0.2, -0.15) is 0 Å². The lowest BCUT2D eigenvalue weighted by Crippen LogP contribution is -3.00. The minimum absolute atomic E-state index is 0. The Morgan fingerprint density at radius 2 is 1.18 bits per heavy atom. The highest BCUT2D eigenvalue weighted by molar-refractivity contribution is 7.77. The van der Waals surface area contributed by atoms with Gasteiger partial charge < -0.3 is 25.4 Å². The summed E-state index contributed by atoms with van der Waals surface area (Å²) in [5, 5.41) is 0. The van der Waals surface area contributed by atoms with Crippen molar-refractivity contribution in [3.8, 4) is 0 Å². The van der Waals surface area contributed by atoms with Gasteiger partial charge in [0.1, 0.15) is 6.23 Å². The molecule has 208 valence electrons. The van der Waals surface area contributed by atoms with Crippen LogP contribution in [0.3, 0.4) is 0 Å². The molecule has 0 heterocycles. The van der Waals surface area contributed by atoms with E-state index in [1.165, 1.54) is 68.9 Å². The van der Waals surface area contributed by atoms with Crippen LogP contribution in [0.5, 0.6) is 0 Å². The zero-order chi connectivity index (χ0) is 24.2. The summed E-state index contributed by atoms with van der Waals surface area (Å²) in [6.45, 7) is 23.8. The zero-order valence-corrected chi connectivity index (χ0v) is 27.2. The minimum Gasteiger partial charge on any atom is -1.00 e. The van der Waals surface area contributed by atoms with Gasteiger partial charge in [0.05, 0.1) is 24.3 Å². The number of carbonyl (C=O) groups excluding carboxylic acids is 1. The third-order valence-electron chi connectivity index (χ3n) is 5.45. The number of ether oxygens (including phenoxy) is 1. The van der Waals surface area contributed by atoms with E-state index < -0.39 is 32.5 Å². The molecule has 0 bridgehead atoms. The van der Waals surface area contributed by atoms with Gasteiger partial charge in [-0.05, 0) is 58.5 Å². The van der Waals surface area contributed by atoms with E-state index in [9.17, 15) is 4.79 Å². The SMILES string of the molecule is C.C.C=CC(=O)OC[Si](C)(C)O[Si](C)(C)O[Si](C)(C)C[P+](CCCC)(CCCC)CCCC.[Cl-]. The van der Waals surface area contributed by atoms with Crippen molar-refractivity contribution in [3.05, 3.63) is 12.7 Å². The van der Waals surface area contributed by atoms with Crippen molar-refractivity contribution in [2.45, 2.75) is 113 Å².